The Morgan fingerprint density at radius 1 is 1.31 bits per heavy atom. The van der Waals surface area contributed by atoms with E-state index in [1.807, 2.05) is 0 Å². The van der Waals surface area contributed by atoms with Crippen LogP contribution in [0.4, 0.5) is 14.5 Å². The van der Waals surface area contributed by atoms with E-state index in [1.165, 1.54) is 26.2 Å². The topological polar surface area (TPSA) is 104 Å². The minimum Gasteiger partial charge on any atom is -0.387 e. The molecule has 0 spiro atoms. The molecule has 0 bridgehead atoms. The summed E-state index contributed by atoms with van der Waals surface area (Å²) in [7, 11) is 0. The molecule has 3 aromatic heterocycles. The van der Waals surface area contributed by atoms with Crippen molar-refractivity contribution < 1.29 is 18.7 Å². The van der Waals surface area contributed by atoms with Gasteiger partial charge in [-0.1, -0.05) is 11.6 Å². The summed E-state index contributed by atoms with van der Waals surface area (Å²) in [6.45, 7) is 2.29. The number of fused-ring (bicyclic) bond motifs is 1. The number of aliphatic hydroxyl groups is 1. The molecule has 1 amide bonds. The Hall–Kier alpha value is -2.85. The highest BCUT2D eigenvalue weighted by Crippen LogP contribution is 2.30. The first kappa shape index (κ1) is 22.3. The highest BCUT2D eigenvalue weighted by Gasteiger charge is 2.31. The quantitative estimate of drug-likeness (QED) is 0.496. The number of hydrogen-bond acceptors (Lipinski definition) is 6. The summed E-state index contributed by atoms with van der Waals surface area (Å²) in [6.07, 6.45) is 2.57. The van der Waals surface area contributed by atoms with Gasteiger partial charge < -0.3 is 15.7 Å². The van der Waals surface area contributed by atoms with Crippen molar-refractivity contribution in [2.24, 2.45) is 0 Å². The van der Waals surface area contributed by atoms with E-state index in [0.717, 1.165) is 0 Å². The molecule has 4 rings (SSSR count). The Bertz CT molecular complexity index is 1140. The van der Waals surface area contributed by atoms with Gasteiger partial charge in [-0.2, -0.15) is 5.10 Å². The van der Waals surface area contributed by atoms with Crippen LogP contribution in [0.1, 0.15) is 37.0 Å². The normalized spacial score (nSPS) is 19.4. The van der Waals surface area contributed by atoms with E-state index in [0.29, 0.717) is 40.6 Å². The number of carbonyl (C=O) groups is 1. The lowest BCUT2D eigenvalue weighted by Crippen LogP contribution is -2.42. The molecule has 3 N–H and O–H groups in total. The van der Waals surface area contributed by atoms with E-state index in [1.54, 1.807) is 22.8 Å². The van der Waals surface area contributed by atoms with Gasteiger partial charge in [-0.25, -0.2) is 18.3 Å². The van der Waals surface area contributed by atoms with E-state index in [9.17, 15) is 18.7 Å². The van der Waals surface area contributed by atoms with Gasteiger partial charge in [0.1, 0.15) is 18.0 Å². The number of halogens is 3. The Morgan fingerprint density at radius 2 is 2.06 bits per heavy atom. The molecule has 1 aliphatic carbocycles. The lowest BCUT2D eigenvalue weighted by molar-refractivity contribution is -0.00177. The highest BCUT2D eigenvalue weighted by atomic mass is 35.5. The van der Waals surface area contributed by atoms with Gasteiger partial charge in [0, 0.05) is 18.3 Å². The van der Waals surface area contributed by atoms with Crippen LogP contribution in [-0.2, 0) is 0 Å². The molecule has 0 aromatic carbocycles. The number of alkyl halides is 2. The van der Waals surface area contributed by atoms with Gasteiger partial charge in [-0.3, -0.25) is 9.78 Å². The number of imidazole rings is 1. The fourth-order valence-corrected chi connectivity index (χ4v) is 3.48. The number of nitrogens with one attached hydrogen (secondary N) is 2. The van der Waals surface area contributed by atoms with Gasteiger partial charge in [0.05, 0.1) is 46.5 Å². The molecule has 0 radical (unpaired) electrons. The zero-order valence-electron chi connectivity index (χ0n) is 17.5. The van der Waals surface area contributed by atoms with Crippen molar-refractivity contribution in [1.29, 1.82) is 0 Å². The molecule has 32 heavy (non-hydrogen) atoms. The van der Waals surface area contributed by atoms with Crippen molar-refractivity contribution in [2.45, 2.75) is 50.7 Å². The number of aromatic nitrogens is 4. The average Bonchev–Trinajstić information content (AvgIpc) is 3.12. The molecular weight excluding hydrogens is 442 g/mol. The largest absolute Gasteiger partial charge is 0.387 e. The maximum absolute atomic E-state index is 14.1. The zero-order chi connectivity index (χ0) is 23.0. The molecule has 8 nitrogen and oxygen atoms in total. The molecule has 3 aromatic rings. The maximum atomic E-state index is 14.1. The first-order chi connectivity index (χ1) is 15.1. The SMILES string of the molecule is CC(C)(O)[C@H](F)CNC(=O)c1cnc(-c2cnc3cc(Cl)cnn23)cc1NC1CC(F)C1. The van der Waals surface area contributed by atoms with Crippen molar-refractivity contribution in [1.82, 2.24) is 24.9 Å². The van der Waals surface area contributed by atoms with Gasteiger partial charge in [-0.05, 0) is 32.8 Å². The predicted octanol–water partition coefficient (Wildman–Crippen LogP) is 3.20. The standard InChI is InChI=1S/C21H23ClF2N6O2/c1-21(2,32)18(24)10-27-20(31)14-8-25-16(6-15(14)29-13-4-12(23)5-13)17-9-26-19-3-11(22)7-28-30(17)19/h3,6-9,12-13,18,32H,4-5,10H2,1-2H3,(H,25,29)(H,27,31)/t12?,13?,18-/m1/s1. The summed E-state index contributed by atoms with van der Waals surface area (Å²) >= 11 is 5.97. The fraction of sp³-hybridized carbons (Fsp3) is 0.429. The van der Waals surface area contributed by atoms with Crippen LogP contribution in [0.2, 0.25) is 5.02 Å². The van der Waals surface area contributed by atoms with E-state index < -0.39 is 23.9 Å². The van der Waals surface area contributed by atoms with Crippen molar-refractivity contribution in [2.75, 3.05) is 11.9 Å². The summed E-state index contributed by atoms with van der Waals surface area (Å²) in [5.41, 5.74) is 0.635. The molecule has 0 aliphatic heterocycles. The minimum atomic E-state index is -1.65. The third-order valence-electron chi connectivity index (χ3n) is 5.39. The van der Waals surface area contributed by atoms with Gasteiger partial charge in [0.2, 0.25) is 0 Å². The van der Waals surface area contributed by atoms with E-state index in [-0.39, 0.29) is 18.2 Å². The summed E-state index contributed by atoms with van der Waals surface area (Å²) in [4.78, 5) is 21.4. The number of hydrogen-bond donors (Lipinski definition) is 3. The monoisotopic (exact) mass is 464 g/mol. The smallest absolute Gasteiger partial charge is 0.255 e. The minimum absolute atomic E-state index is 0.129. The number of rotatable bonds is 7. The van der Waals surface area contributed by atoms with E-state index >= 15 is 0 Å². The summed E-state index contributed by atoms with van der Waals surface area (Å²) < 4.78 is 29.0. The van der Waals surface area contributed by atoms with E-state index in [4.69, 9.17) is 11.6 Å². The molecule has 11 heteroatoms. The lowest BCUT2D eigenvalue weighted by Gasteiger charge is -2.32. The molecule has 0 saturated heterocycles. The molecule has 1 saturated carbocycles. The van der Waals surface area contributed by atoms with Crippen LogP contribution in [0.5, 0.6) is 0 Å². The second kappa shape index (κ2) is 8.59. The predicted molar refractivity (Wildman–Crippen MR) is 116 cm³/mol. The van der Waals surface area contributed by atoms with Gasteiger partial charge in [0.25, 0.3) is 5.91 Å². The fourth-order valence-electron chi connectivity index (χ4n) is 3.34. The van der Waals surface area contributed by atoms with Crippen LogP contribution in [0.3, 0.4) is 0 Å². The number of amides is 1. The summed E-state index contributed by atoms with van der Waals surface area (Å²) in [5, 5.41) is 20.1. The Kier molecular flexibility index (Phi) is 6.00. The molecule has 3 heterocycles. The van der Waals surface area contributed by atoms with Crippen LogP contribution in [0.15, 0.2) is 30.7 Å². The lowest BCUT2D eigenvalue weighted by atomic mass is 9.90. The molecule has 1 aliphatic rings. The second-order valence-electron chi connectivity index (χ2n) is 8.44. The first-order valence-electron chi connectivity index (χ1n) is 10.2. The van der Waals surface area contributed by atoms with Crippen molar-refractivity contribution >= 4 is 28.8 Å². The third-order valence-corrected chi connectivity index (χ3v) is 5.59. The third kappa shape index (κ3) is 4.66. The molecule has 1 fully saturated rings. The van der Waals surface area contributed by atoms with Crippen LogP contribution >= 0.6 is 11.6 Å². The van der Waals surface area contributed by atoms with Crippen LogP contribution < -0.4 is 10.6 Å². The maximum Gasteiger partial charge on any atom is 0.255 e. The summed E-state index contributed by atoms with van der Waals surface area (Å²) in [5.74, 6) is -0.558. The number of carbonyl (C=O) groups excluding carboxylic acids is 1. The second-order valence-corrected chi connectivity index (χ2v) is 8.88. The van der Waals surface area contributed by atoms with Gasteiger partial charge in [0.15, 0.2) is 5.65 Å². The Labute approximate surface area is 188 Å². The number of anilines is 1. The van der Waals surface area contributed by atoms with Crippen LogP contribution in [0, 0.1) is 0 Å². The Balaban J connectivity index is 1.63. The number of nitrogens with zero attached hydrogens (tertiary/aromatic N) is 4. The van der Waals surface area contributed by atoms with E-state index in [2.05, 4.69) is 25.7 Å². The molecule has 1 atom stereocenters. The highest BCUT2D eigenvalue weighted by molar-refractivity contribution is 6.30. The first-order valence-corrected chi connectivity index (χ1v) is 10.5. The van der Waals surface area contributed by atoms with Crippen molar-refractivity contribution in [3.63, 3.8) is 0 Å². The molecule has 0 unspecified atom stereocenters. The average molecular weight is 465 g/mol. The van der Waals surface area contributed by atoms with Crippen molar-refractivity contribution in [3.8, 4) is 11.4 Å². The number of pyridine rings is 1. The molecular formula is C21H23ClF2N6O2. The Morgan fingerprint density at radius 3 is 2.75 bits per heavy atom. The van der Waals surface area contributed by atoms with Crippen LogP contribution in [-0.4, -0.2) is 61.1 Å². The molecule has 170 valence electrons. The van der Waals surface area contributed by atoms with Crippen LogP contribution in [0.25, 0.3) is 17.0 Å². The van der Waals surface area contributed by atoms with Gasteiger partial charge in [-0.15, -0.1) is 0 Å². The summed E-state index contributed by atoms with van der Waals surface area (Å²) in [6, 6.07) is 3.18. The zero-order valence-corrected chi connectivity index (χ0v) is 18.3. The van der Waals surface area contributed by atoms with Gasteiger partial charge >= 0.3 is 0 Å². The van der Waals surface area contributed by atoms with Crippen molar-refractivity contribution in [3.05, 3.63) is 41.3 Å².